The molecule has 0 radical (unpaired) electrons. The van der Waals surface area contributed by atoms with Gasteiger partial charge in [-0.15, -0.1) is 11.3 Å². The summed E-state index contributed by atoms with van der Waals surface area (Å²) in [5.74, 6) is -1.46. The number of amides is 2. The van der Waals surface area contributed by atoms with Crippen molar-refractivity contribution in [2.75, 3.05) is 17.2 Å². The fourth-order valence-electron chi connectivity index (χ4n) is 3.22. The number of rotatable bonds is 6. The summed E-state index contributed by atoms with van der Waals surface area (Å²) >= 11 is 7.14. The van der Waals surface area contributed by atoms with Crippen LogP contribution in [0, 0.1) is 20.8 Å². The maximum atomic E-state index is 13.0. The first-order valence-electron chi connectivity index (χ1n) is 9.97. The predicted octanol–water partition coefficient (Wildman–Crippen LogP) is 6.01. The summed E-state index contributed by atoms with van der Waals surface area (Å²) < 4.78 is 5.16. The number of esters is 1. The Hall–Kier alpha value is -3.16. The van der Waals surface area contributed by atoms with Crippen LogP contribution < -0.4 is 10.6 Å². The van der Waals surface area contributed by atoms with Crippen LogP contribution in [0.25, 0.3) is 0 Å². The van der Waals surface area contributed by atoms with Crippen LogP contribution in [0.15, 0.2) is 42.5 Å². The molecule has 3 aromatic rings. The van der Waals surface area contributed by atoms with E-state index in [2.05, 4.69) is 10.6 Å². The van der Waals surface area contributed by atoms with Crippen molar-refractivity contribution < 1.29 is 19.1 Å². The Balaban J connectivity index is 1.97. The highest BCUT2D eigenvalue weighted by Crippen LogP contribution is 2.35. The van der Waals surface area contributed by atoms with E-state index in [1.807, 2.05) is 32.0 Å². The summed E-state index contributed by atoms with van der Waals surface area (Å²) in [7, 11) is 0. The highest BCUT2D eigenvalue weighted by atomic mass is 35.5. The molecule has 32 heavy (non-hydrogen) atoms. The second kappa shape index (κ2) is 9.97. The summed E-state index contributed by atoms with van der Waals surface area (Å²) in [6.07, 6.45) is 0. The molecule has 1 heterocycles. The van der Waals surface area contributed by atoms with Crippen LogP contribution in [0.2, 0.25) is 5.02 Å². The van der Waals surface area contributed by atoms with Gasteiger partial charge in [-0.25, -0.2) is 4.79 Å². The first-order valence-corrected chi connectivity index (χ1v) is 11.2. The van der Waals surface area contributed by atoms with E-state index >= 15 is 0 Å². The number of thiophene rings is 1. The van der Waals surface area contributed by atoms with Crippen LogP contribution in [-0.2, 0) is 4.74 Å². The van der Waals surface area contributed by atoms with E-state index in [1.165, 1.54) is 0 Å². The smallest absolute Gasteiger partial charge is 0.341 e. The predicted molar refractivity (Wildman–Crippen MR) is 128 cm³/mol. The average molecular weight is 471 g/mol. The lowest BCUT2D eigenvalue weighted by atomic mass is 10.1. The van der Waals surface area contributed by atoms with Gasteiger partial charge in [-0.05, 0) is 57.0 Å². The van der Waals surface area contributed by atoms with E-state index in [9.17, 15) is 14.4 Å². The maximum Gasteiger partial charge on any atom is 0.341 e. The van der Waals surface area contributed by atoms with Gasteiger partial charge in [0.05, 0.1) is 27.6 Å². The maximum absolute atomic E-state index is 13.0. The minimum absolute atomic E-state index is 0.156. The minimum Gasteiger partial charge on any atom is -0.462 e. The molecule has 0 fully saturated rings. The molecule has 1 aromatic heterocycles. The van der Waals surface area contributed by atoms with E-state index in [0.29, 0.717) is 16.1 Å². The SMILES string of the molecule is CCOC(=O)c1c(NC(=O)c2ccccc2Cl)sc(C(=O)Nc2ccc(C)cc2C)c1C. The third kappa shape index (κ3) is 5.00. The van der Waals surface area contributed by atoms with Gasteiger partial charge in [-0.1, -0.05) is 41.4 Å². The van der Waals surface area contributed by atoms with Crippen molar-refractivity contribution >= 4 is 51.4 Å². The Kier molecular flexibility index (Phi) is 7.33. The van der Waals surface area contributed by atoms with Crippen molar-refractivity contribution in [2.45, 2.75) is 27.7 Å². The van der Waals surface area contributed by atoms with E-state index in [0.717, 1.165) is 22.5 Å². The van der Waals surface area contributed by atoms with Crippen LogP contribution >= 0.6 is 22.9 Å². The third-order valence-electron chi connectivity index (χ3n) is 4.81. The fourth-order valence-corrected chi connectivity index (χ4v) is 4.52. The Bertz CT molecular complexity index is 1200. The fraction of sp³-hybridized carbons (Fsp3) is 0.208. The van der Waals surface area contributed by atoms with Crippen molar-refractivity contribution in [3.63, 3.8) is 0 Å². The molecule has 0 atom stereocenters. The van der Waals surface area contributed by atoms with E-state index in [1.54, 1.807) is 38.1 Å². The molecule has 0 aliphatic rings. The molecule has 8 heteroatoms. The van der Waals surface area contributed by atoms with Gasteiger partial charge in [-0.3, -0.25) is 9.59 Å². The quantitative estimate of drug-likeness (QED) is 0.432. The van der Waals surface area contributed by atoms with Crippen LogP contribution in [0.4, 0.5) is 10.7 Å². The third-order valence-corrected chi connectivity index (χ3v) is 6.34. The van der Waals surface area contributed by atoms with Gasteiger partial charge in [-0.2, -0.15) is 0 Å². The monoisotopic (exact) mass is 470 g/mol. The van der Waals surface area contributed by atoms with Crippen molar-refractivity contribution in [2.24, 2.45) is 0 Å². The van der Waals surface area contributed by atoms with E-state index < -0.39 is 11.9 Å². The standard InChI is InChI=1S/C24H23ClN2O4S/c1-5-31-24(30)19-15(4)20(22(29)26-18-11-10-13(2)12-14(18)3)32-23(19)27-21(28)16-8-6-7-9-17(16)25/h6-12H,5H2,1-4H3,(H,26,29)(H,27,28). The number of nitrogens with one attached hydrogen (secondary N) is 2. The van der Waals surface area contributed by atoms with Gasteiger partial charge in [0.2, 0.25) is 0 Å². The second-order valence-corrected chi connectivity index (χ2v) is 8.62. The molecule has 0 aliphatic carbocycles. The number of aryl methyl sites for hydroxylation is 2. The normalized spacial score (nSPS) is 10.5. The van der Waals surface area contributed by atoms with Gasteiger partial charge in [0.15, 0.2) is 0 Å². The van der Waals surface area contributed by atoms with Crippen LogP contribution in [0.5, 0.6) is 0 Å². The molecular formula is C24H23ClN2O4S. The molecule has 3 rings (SSSR count). The zero-order valence-electron chi connectivity index (χ0n) is 18.2. The van der Waals surface area contributed by atoms with Crippen LogP contribution in [-0.4, -0.2) is 24.4 Å². The number of halogens is 1. The molecule has 2 aromatic carbocycles. The van der Waals surface area contributed by atoms with E-state index in [-0.39, 0.29) is 33.7 Å². The van der Waals surface area contributed by atoms with Gasteiger partial charge in [0, 0.05) is 5.69 Å². The molecule has 2 amide bonds. The zero-order valence-corrected chi connectivity index (χ0v) is 19.7. The summed E-state index contributed by atoms with van der Waals surface area (Å²) in [6, 6.07) is 12.3. The van der Waals surface area contributed by atoms with Crippen molar-refractivity contribution in [3.05, 3.63) is 80.2 Å². The van der Waals surface area contributed by atoms with Crippen molar-refractivity contribution in [3.8, 4) is 0 Å². The number of carbonyl (C=O) groups excluding carboxylic acids is 3. The average Bonchev–Trinajstić information content (AvgIpc) is 3.06. The van der Waals surface area contributed by atoms with Gasteiger partial charge in [0.1, 0.15) is 5.00 Å². The van der Waals surface area contributed by atoms with Gasteiger partial charge < -0.3 is 15.4 Å². The van der Waals surface area contributed by atoms with Crippen molar-refractivity contribution in [1.29, 1.82) is 0 Å². The first-order chi connectivity index (χ1) is 15.2. The molecule has 2 N–H and O–H groups in total. The largest absolute Gasteiger partial charge is 0.462 e. The summed E-state index contributed by atoms with van der Waals surface area (Å²) in [5, 5.41) is 6.12. The highest BCUT2D eigenvalue weighted by molar-refractivity contribution is 7.19. The molecule has 0 bridgehead atoms. The number of hydrogen-bond acceptors (Lipinski definition) is 5. The van der Waals surface area contributed by atoms with Gasteiger partial charge >= 0.3 is 5.97 Å². The molecule has 0 saturated carbocycles. The van der Waals surface area contributed by atoms with Crippen LogP contribution in [0.1, 0.15) is 54.0 Å². The molecule has 0 unspecified atom stereocenters. The topological polar surface area (TPSA) is 84.5 Å². The number of carbonyl (C=O) groups is 3. The molecular weight excluding hydrogens is 448 g/mol. The number of hydrogen-bond donors (Lipinski definition) is 2. The Morgan fingerprint density at radius 1 is 1.00 bits per heavy atom. The van der Waals surface area contributed by atoms with E-state index in [4.69, 9.17) is 16.3 Å². The second-order valence-electron chi connectivity index (χ2n) is 7.19. The molecule has 166 valence electrons. The molecule has 0 spiro atoms. The Morgan fingerprint density at radius 3 is 2.38 bits per heavy atom. The Morgan fingerprint density at radius 2 is 1.72 bits per heavy atom. The van der Waals surface area contributed by atoms with Crippen molar-refractivity contribution in [1.82, 2.24) is 0 Å². The van der Waals surface area contributed by atoms with Crippen LogP contribution in [0.3, 0.4) is 0 Å². The summed E-state index contributed by atoms with van der Waals surface area (Å²) in [4.78, 5) is 38.8. The molecule has 6 nitrogen and oxygen atoms in total. The lowest BCUT2D eigenvalue weighted by molar-refractivity contribution is 0.0527. The first kappa shape index (κ1) is 23.5. The lowest BCUT2D eigenvalue weighted by Crippen LogP contribution is -2.15. The summed E-state index contributed by atoms with van der Waals surface area (Å²) in [6.45, 7) is 7.39. The number of anilines is 2. The zero-order chi connectivity index (χ0) is 23.4. The lowest BCUT2D eigenvalue weighted by Gasteiger charge is -2.09. The molecule has 0 aliphatic heterocycles. The highest BCUT2D eigenvalue weighted by Gasteiger charge is 2.27. The minimum atomic E-state index is -0.610. The molecule has 0 saturated heterocycles. The number of benzene rings is 2. The van der Waals surface area contributed by atoms with Gasteiger partial charge in [0.25, 0.3) is 11.8 Å². The summed E-state index contributed by atoms with van der Waals surface area (Å²) in [5.41, 5.74) is 3.53. The Labute approximate surface area is 195 Å². The number of ether oxygens (including phenoxy) is 1.